The summed E-state index contributed by atoms with van der Waals surface area (Å²) in [5.74, 6) is -0.534. The van der Waals surface area contributed by atoms with E-state index in [0.717, 1.165) is 23.9 Å². The SMILES string of the molecule is CCC1CCC(C)N1c1cnn(-c2ccccc2C(=O)OC)c(=O)c1Cl. The second-order valence-corrected chi connectivity index (χ2v) is 6.84. The van der Waals surface area contributed by atoms with Crippen molar-refractivity contribution < 1.29 is 9.53 Å². The number of ether oxygens (including phenoxy) is 1. The topological polar surface area (TPSA) is 64.4 Å². The van der Waals surface area contributed by atoms with E-state index in [4.69, 9.17) is 16.3 Å². The summed E-state index contributed by atoms with van der Waals surface area (Å²) in [4.78, 5) is 27.1. The maximum absolute atomic E-state index is 12.9. The fraction of sp³-hybridized carbons (Fsp3) is 0.421. The number of anilines is 1. The van der Waals surface area contributed by atoms with Gasteiger partial charge in [0.1, 0.15) is 5.02 Å². The summed E-state index contributed by atoms with van der Waals surface area (Å²) in [7, 11) is 1.30. The van der Waals surface area contributed by atoms with Gasteiger partial charge in [0.15, 0.2) is 0 Å². The summed E-state index contributed by atoms with van der Waals surface area (Å²) in [6.07, 6.45) is 4.72. The standard InChI is InChI=1S/C19H22ClN3O3/c1-4-13-10-9-12(2)22(13)16-11-21-23(18(24)17(16)20)15-8-6-5-7-14(15)19(25)26-3/h5-8,11-13H,4,9-10H2,1-3H3. The van der Waals surface area contributed by atoms with Crippen molar-refractivity contribution in [3.05, 3.63) is 51.4 Å². The number of carbonyl (C=O) groups is 1. The van der Waals surface area contributed by atoms with Crippen LogP contribution in [0.3, 0.4) is 0 Å². The molecular formula is C19H22ClN3O3. The maximum Gasteiger partial charge on any atom is 0.340 e. The first-order valence-corrected chi connectivity index (χ1v) is 9.11. The molecule has 7 heteroatoms. The van der Waals surface area contributed by atoms with E-state index in [1.165, 1.54) is 7.11 Å². The molecule has 2 aromatic rings. The van der Waals surface area contributed by atoms with Crippen LogP contribution in [0, 0.1) is 0 Å². The van der Waals surface area contributed by atoms with E-state index >= 15 is 0 Å². The van der Waals surface area contributed by atoms with Crippen LogP contribution < -0.4 is 10.5 Å². The summed E-state index contributed by atoms with van der Waals surface area (Å²) in [5.41, 5.74) is 0.809. The third-order valence-corrected chi connectivity index (χ3v) is 5.33. The van der Waals surface area contributed by atoms with Gasteiger partial charge < -0.3 is 9.64 Å². The average Bonchev–Trinajstić information content (AvgIpc) is 3.04. The van der Waals surface area contributed by atoms with Gasteiger partial charge in [-0.25, -0.2) is 4.79 Å². The number of carbonyl (C=O) groups excluding carboxylic acids is 1. The van der Waals surface area contributed by atoms with E-state index in [0.29, 0.717) is 23.5 Å². The zero-order chi connectivity index (χ0) is 18.8. The summed E-state index contributed by atoms with van der Waals surface area (Å²) in [6.45, 7) is 4.26. The number of aromatic nitrogens is 2. The van der Waals surface area contributed by atoms with Gasteiger partial charge in [0.25, 0.3) is 5.56 Å². The lowest BCUT2D eigenvalue weighted by atomic mass is 10.1. The average molecular weight is 376 g/mol. The number of hydrogen-bond acceptors (Lipinski definition) is 5. The second-order valence-electron chi connectivity index (χ2n) is 6.47. The van der Waals surface area contributed by atoms with E-state index < -0.39 is 11.5 Å². The molecule has 1 aliphatic rings. The summed E-state index contributed by atoms with van der Waals surface area (Å²) < 4.78 is 5.95. The van der Waals surface area contributed by atoms with Crippen molar-refractivity contribution in [2.45, 2.75) is 45.2 Å². The molecule has 138 valence electrons. The fourth-order valence-electron chi connectivity index (χ4n) is 3.62. The Bertz CT molecular complexity index is 881. The van der Waals surface area contributed by atoms with Crippen molar-refractivity contribution in [2.24, 2.45) is 0 Å². The van der Waals surface area contributed by atoms with Crippen molar-refractivity contribution >= 4 is 23.3 Å². The molecule has 2 atom stereocenters. The number of para-hydroxylation sites is 1. The molecule has 1 aromatic heterocycles. The largest absolute Gasteiger partial charge is 0.465 e. The molecular weight excluding hydrogens is 354 g/mol. The van der Waals surface area contributed by atoms with E-state index in [-0.39, 0.29) is 10.6 Å². The molecule has 1 aliphatic heterocycles. The van der Waals surface area contributed by atoms with Crippen molar-refractivity contribution in [1.82, 2.24) is 9.78 Å². The van der Waals surface area contributed by atoms with E-state index in [9.17, 15) is 9.59 Å². The predicted molar refractivity (Wildman–Crippen MR) is 101 cm³/mol. The summed E-state index contributed by atoms with van der Waals surface area (Å²) in [6, 6.07) is 7.32. The number of nitrogens with zero attached hydrogens (tertiary/aromatic N) is 3. The highest BCUT2D eigenvalue weighted by molar-refractivity contribution is 6.33. The van der Waals surface area contributed by atoms with Crippen LogP contribution in [0.2, 0.25) is 5.02 Å². The van der Waals surface area contributed by atoms with Crippen LogP contribution in [0.1, 0.15) is 43.5 Å². The highest BCUT2D eigenvalue weighted by atomic mass is 35.5. The molecule has 26 heavy (non-hydrogen) atoms. The van der Waals surface area contributed by atoms with Crippen LogP contribution in [-0.4, -0.2) is 34.9 Å². The predicted octanol–water partition coefficient (Wildman–Crippen LogP) is 3.44. The highest BCUT2D eigenvalue weighted by Crippen LogP contribution is 2.34. The van der Waals surface area contributed by atoms with Gasteiger partial charge in [-0.1, -0.05) is 30.7 Å². The lowest BCUT2D eigenvalue weighted by Gasteiger charge is -2.30. The molecule has 0 radical (unpaired) electrons. The molecule has 2 heterocycles. The molecule has 0 N–H and O–H groups in total. The third-order valence-electron chi connectivity index (χ3n) is 4.97. The molecule has 0 bridgehead atoms. The molecule has 0 aliphatic carbocycles. The van der Waals surface area contributed by atoms with Crippen molar-refractivity contribution in [3.8, 4) is 5.69 Å². The molecule has 2 unspecified atom stereocenters. The first-order chi connectivity index (χ1) is 12.5. The van der Waals surface area contributed by atoms with Gasteiger partial charge in [0.2, 0.25) is 0 Å². The van der Waals surface area contributed by atoms with Crippen LogP contribution in [0.4, 0.5) is 5.69 Å². The van der Waals surface area contributed by atoms with Gasteiger partial charge >= 0.3 is 5.97 Å². The molecule has 6 nitrogen and oxygen atoms in total. The molecule has 1 fully saturated rings. The number of benzene rings is 1. The Morgan fingerprint density at radius 1 is 1.31 bits per heavy atom. The summed E-state index contributed by atoms with van der Waals surface area (Å²) in [5, 5.41) is 4.42. The van der Waals surface area contributed by atoms with Crippen molar-refractivity contribution in [3.63, 3.8) is 0 Å². The Kier molecular flexibility index (Phi) is 5.32. The first-order valence-electron chi connectivity index (χ1n) is 8.73. The minimum Gasteiger partial charge on any atom is -0.465 e. The molecule has 1 aromatic carbocycles. The van der Waals surface area contributed by atoms with Crippen molar-refractivity contribution in [1.29, 1.82) is 0 Å². The van der Waals surface area contributed by atoms with Crippen LogP contribution in [0.15, 0.2) is 35.3 Å². The number of rotatable bonds is 4. The maximum atomic E-state index is 12.9. The van der Waals surface area contributed by atoms with Crippen LogP contribution in [0.25, 0.3) is 5.69 Å². The number of hydrogen-bond donors (Lipinski definition) is 0. The van der Waals surface area contributed by atoms with Gasteiger partial charge in [0, 0.05) is 12.1 Å². The molecule has 0 spiro atoms. The first kappa shape index (κ1) is 18.5. The molecule has 0 amide bonds. The number of halogens is 1. The Hall–Kier alpha value is -2.34. The Morgan fingerprint density at radius 3 is 2.73 bits per heavy atom. The summed E-state index contributed by atoms with van der Waals surface area (Å²) >= 11 is 6.45. The van der Waals surface area contributed by atoms with Gasteiger partial charge in [-0.2, -0.15) is 9.78 Å². The lowest BCUT2D eigenvalue weighted by Crippen LogP contribution is -2.36. The van der Waals surface area contributed by atoms with Gasteiger partial charge in [0.05, 0.1) is 30.2 Å². The van der Waals surface area contributed by atoms with Gasteiger partial charge in [-0.15, -0.1) is 0 Å². The zero-order valence-electron chi connectivity index (χ0n) is 15.1. The van der Waals surface area contributed by atoms with Crippen LogP contribution in [-0.2, 0) is 4.74 Å². The minimum atomic E-state index is -0.534. The highest BCUT2D eigenvalue weighted by Gasteiger charge is 2.32. The fourth-order valence-corrected chi connectivity index (χ4v) is 3.85. The third kappa shape index (κ3) is 3.09. The van der Waals surface area contributed by atoms with Gasteiger partial charge in [-0.05, 0) is 38.3 Å². The normalized spacial score (nSPS) is 19.6. The monoisotopic (exact) mass is 375 g/mol. The minimum absolute atomic E-state index is 0.117. The van der Waals surface area contributed by atoms with Crippen LogP contribution in [0.5, 0.6) is 0 Å². The molecule has 3 rings (SSSR count). The smallest absolute Gasteiger partial charge is 0.340 e. The molecule has 0 saturated carbocycles. The lowest BCUT2D eigenvalue weighted by molar-refractivity contribution is 0.0600. The van der Waals surface area contributed by atoms with E-state index in [2.05, 4.69) is 23.8 Å². The van der Waals surface area contributed by atoms with Crippen LogP contribution >= 0.6 is 11.6 Å². The second kappa shape index (κ2) is 7.50. The number of esters is 1. The Balaban J connectivity index is 2.10. The zero-order valence-corrected chi connectivity index (χ0v) is 15.9. The number of methoxy groups -OCH3 is 1. The molecule has 1 saturated heterocycles. The Labute approximate surface area is 157 Å². The Morgan fingerprint density at radius 2 is 2.04 bits per heavy atom. The quantitative estimate of drug-likeness (QED) is 0.766. The van der Waals surface area contributed by atoms with Crippen molar-refractivity contribution in [2.75, 3.05) is 12.0 Å². The van der Waals surface area contributed by atoms with E-state index in [1.807, 2.05) is 0 Å². The van der Waals surface area contributed by atoms with Gasteiger partial charge in [-0.3, -0.25) is 4.79 Å². The van der Waals surface area contributed by atoms with E-state index in [1.54, 1.807) is 30.5 Å².